The van der Waals surface area contributed by atoms with Crippen LogP contribution in [-0.4, -0.2) is 25.0 Å². The van der Waals surface area contributed by atoms with Gasteiger partial charge in [0, 0.05) is 16.8 Å². The molecule has 0 saturated carbocycles. The molecule has 0 amide bonds. The fourth-order valence-electron chi connectivity index (χ4n) is 1.38. The number of allylic oxidation sites excluding steroid dienone is 1. The number of halogens is 1. The Hall–Kier alpha value is -1.78. The second kappa shape index (κ2) is 7.53. The number of azide groups is 1. The van der Waals surface area contributed by atoms with Crippen molar-refractivity contribution in [1.29, 1.82) is 0 Å². The quantitative estimate of drug-likeness (QED) is 0.274. The van der Waals surface area contributed by atoms with Crippen molar-refractivity contribution in [2.24, 2.45) is 5.11 Å². The normalized spacial score (nSPS) is 10.7. The fraction of sp³-hybridized carbons (Fsp3) is 0.250. The van der Waals surface area contributed by atoms with Crippen molar-refractivity contribution in [2.75, 3.05) is 19.0 Å². The van der Waals surface area contributed by atoms with E-state index in [9.17, 15) is 4.79 Å². The Morgan fingerprint density at radius 2 is 2.06 bits per heavy atom. The third-order valence-electron chi connectivity index (χ3n) is 2.30. The van der Waals surface area contributed by atoms with Gasteiger partial charge in [-0.3, -0.25) is 0 Å². The number of hydrogen-bond donors (Lipinski definition) is 0. The lowest BCUT2D eigenvalue weighted by Crippen LogP contribution is -2.00. The van der Waals surface area contributed by atoms with E-state index < -0.39 is 0 Å². The minimum absolute atomic E-state index is 0.302. The number of alkyl halides is 1. The molecule has 0 radical (unpaired) electrons. The van der Waals surface area contributed by atoms with Gasteiger partial charge in [-0.05, 0) is 28.8 Å². The van der Waals surface area contributed by atoms with Crippen LogP contribution < -0.4 is 0 Å². The van der Waals surface area contributed by atoms with E-state index in [-0.39, 0.29) is 5.97 Å². The van der Waals surface area contributed by atoms with Gasteiger partial charge in [0.25, 0.3) is 0 Å². The van der Waals surface area contributed by atoms with Gasteiger partial charge >= 0.3 is 5.97 Å². The number of methoxy groups -OCH3 is 1. The van der Waals surface area contributed by atoms with Crippen molar-refractivity contribution in [3.63, 3.8) is 0 Å². The molecule has 18 heavy (non-hydrogen) atoms. The van der Waals surface area contributed by atoms with Gasteiger partial charge in [-0.1, -0.05) is 39.3 Å². The summed E-state index contributed by atoms with van der Waals surface area (Å²) in [6.45, 7) is 0.302. The highest BCUT2D eigenvalue weighted by molar-refractivity contribution is 9.09. The molecule has 5 nitrogen and oxygen atoms in total. The number of carbonyl (C=O) groups excluding carboxylic acids is 1. The van der Waals surface area contributed by atoms with Crippen LogP contribution in [0.3, 0.4) is 0 Å². The monoisotopic (exact) mass is 309 g/mol. The average Bonchev–Trinajstić information content (AvgIpc) is 2.43. The third-order valence-corrected chi connectivity index (χ3v) is 2.91. The summed E-state index contributed by atoms with van der Waals surface area (Å²) in [5.41, 5.74) is 10.7. The van der Waals surface area contributed by atoms with E-state index in [1.165, 1.54) is 7.11 Å². The first-order valence-electron chi connectivity index (χ1n) is 5.17. The molecular weight excluding hydrogens is 298 g/mol. The number of rotatable bonds is 5. The number of esters is 1. The maximum atomic E-state index is 11.3. The van der Waals surface area contributed by atoms with Gasteiger partial charge in [-0.15, -0.1) is 0 Å². The smallest absolute Gasteiger partial charge is 0.337 e. The van der Waals surface area contributed by atoms with Crippen LogP contribution in [0, 0.1) is 0 Å². The van der Waals surface area contributed by atoms with Gasteiger partial charge in [-0.2, -0.15) is 0 Å². The van der Waals surface area contributed by atoms with Crippen LogP contribution in [0.4, 0.5) is 0 Å². The topological polar surface area (TPSA) is 75.1 Å². The summed E-state index contributed by atoms with van der Waals surface area (Å²) in [6.07, 6.45) is 1.83. The van der Waals surface area contributed by atoms with E-state index in [2.05, 4.69) is 30.7 Å². The molecule has 0 aromatic heterocycles. The first-order chi connectivity index (χ1) is 8.72. The number of nitrogens with zero attached hydrogens (tertiary/aromatic N) is 3. The number of hydrogen-bond acceptors (Lipinski definition) is 3. The van der Waals surface area contributed by atoms with Crippen LogP contribution in [-0.2, 0) is 4.74 Å². The van der Waals surface area contributed by atoms with E-state index in [0.717, 1.165) is 11.1 Å². The molecule has 0 aliphatic rings. The summed E-state index contributed by atoms with van der Waals surface area (Å²) in [5, 5.41) is 4.10. The van der Waals surface area contributed by atoms with Gasteiger partial charge in [-0.25, -0.2) is 4.79 Å². The first kappa shape index (κ1) is 14.3. The van der Waals surface area contributed by atoms with Crippen LogP contribution in [0.2, 0.25) is 0 Å². The fourth-order valence-corrected chi connectivity index (χ4v) is 1.93. The molecule has 94 valence electrons. The molecule has 1 aromatic rings. The summed E-state index contributed by atoms with van der Waals surface area (Å²) < 4.78 is 4.62. The molecule has 0 aliphatic carbocycles. The highest BCUT2D eigenvalue weighted by Gasteiger charge is 2.05. The lowest BCUT2D eigenvalue weighted by Gasteiger charge is -2.05. The summed E-state index contributed by atoms with van der Waals surface area (Å²) in [5.74, 6) is -0.361. The molecular formula is C12H12BrN3O2. The Morgan fingerprint density at radius 1 is 1.44 bits per heavy atom. The second-order valence-electron chi connectivity index (χ2n) is 3.35. The molecule has 0 heterocycles. The predicted octanol–water partition coefficient (Wildman–Crippen LogP) is 3.56. The maximum Gasteiger partial charge on any atom is 0.337 e. The van der Waals surface area contributed by atoms with Crippen LogP contribution in [0.5, 0.6) is 0 Å². The Balaban J connectivity index is 2.91. The molecule has 0 aliphatic heterocycles. The summed E-state index contributed by atoms with van der Waals surface area (Å²) in [6, 6.07) is 7.06. The number of carbonyl (C=O) groups is 1. The predicted molar refractivity (Wildman–Crippen MR) is 73.6 cm³/mol. The zero-order valence-electron chi connectivity index (χ0n) is 9.84. The van der Waals surface area contributed by atoms with Gasteiger partial charge in [0.05, 0.1) is 12.7 Å². The number of ether oxygens (including phenoxy) is 1. The molecule has 0 bridgehead atoms. The molecule has 0 atom stereocenters. The van der Waals surface area contributed by atoms with Crippen LogP contribution in [0.1, 0.15) is 15.9 Å². The van der Waals surface area contributed by atoms with Gasteiger partial charge in [0.2, 0.25) is 0 Å². The van der Waals surface area contributed by atoms with Crippen LogP contribution in [0.15, 0.2) is 35.5 Å². The minimum Gasteiger partial charge on any atom is -0.465 e. The molecule has 0 spiro atoms. The van der Waals surface area contributed by atoms with Crippen molar-refractivity contribution in [3.8, 4) is 0 Å². The Kier molecular flexibility index (Phi) is 5.97. The molecule has 0 fully saturated rings. The van der Waals surface area contributed by atoms with E-state index in [0.29, 0.717) is 17.4 Å². The summed E-state index contributed by atoms with van der Waals surface area (Å²) in [4.78, 5) is 14.0. The average molecular weight is 310 g/mol. The van der Waals surface area contributed by atoms with Crippen molar-refractivity contribution < 1.29 is 9.53 Å². The largest absolute Gasteiger partial charge is 0.465 e. The lowest BCUT2D eigenvalue weighted by atomic mass is 10.1. The van der Waals surface area contributed by atoms with Crippen LogP contribution in [0.25, 0.3) is 16.0 Å². The van der Waals surface area contributed by atoms with Crippen LogP contribution >= 0.6 is 15.9 Å². The Bertz CT molecular complexity index is 491. The van der Waals surface area contributed by atoms with Crippen molar-refractivity contribution in [3.05, 3.63) is 51.9 Å². The first-order valence-corrected chi connectivity index (χ1v) is 6.29. The highest BCUT2D eigenvalue weighted by atomic mass is 79.9. The lowest BCUT2D eigenvalue weighted by molar-refractivity contribution is 0.0601. The zero-order chi connectivity index (χ0) is 13.4. The maximum absolute atomic E-state index is 11.3. The van der Waals surface area contributed by atoms with E-state index in [1.807, 2.05) is 18.2 Å². The molecule has 1 aromatic carbocycles. The molecule has 1 rings (SSSR count). The molecule has 6 heteroatoms. The van der Waals surface area contributed by atoms with Gasteiger partial charge in [0.1, 0.15) is 0 Å². The van der Waals surface area contributed by atoms with E-state index in [1.54, 1.807) is 12.1 Å². The molecule has 0 N–H and O–H groups in total. The third kappa shape index (κ3) is 3.91. The van der Waals surface area contributed by atoms with Crippen molar-refractivity contribution >= 4 is 27.5 Å². The van der Waals surface area contributed by atoms with Crippen molar-refractivity contribution in [2.45, 2.75) is 0 Å². The Labute approximate surface area is 113 Å². The van der Waals surface area contributed by atoms with Gasteiger partial charge < -0.3 is 4.74 Å². The standard InChI is InChI=1S/C12H12BrN3O2/c1-18-12(17)10-4-2-9(3-5-10)11(8-13)6-7-15-16-14/h2-6H,7-8H2,1H3/b11-6+. The van der Waals surface area contributed by atoms with E-state index in [4.69, 9.17) is 5.53 Å². The zero-order valence-corrected chi connectivity index (χ0v) is 11.4. The Morgan fingerprint density at radius 3 is 2.56 bits per heavy atom. The van der Waals surface area contributed by atoms with E-state index >= 15 is 0 Å². The summed E-state index contributed by atoms with van der Waals surface area (Å²) >= 11 is 3.37. The molecule has 0 unspecified atom stereocenters. The second-order valence-corrected chi connectivity index (χ2v) is 3.91. The van der Waals surface area contributed by atoms with Gasteiger partial charge in [0.15, 0.2) is 0 Å². The SMILES string of the molecule is COC(=O)c1ccc(/C(=C/CN=[N+]=[N-])CBr)cc1. The van der Waals surface area contributed by atoms with Crippen molar-refractivity contribution in [1.82, 2.24) is 0 Å². The molecule has 0 saturated heterocycles. The minimum atomic E-state index is -0.361. The summed E-state index contributed by atoms with van der Waals surface area (Å²) in [7, 11) is 1.35. The number of benzene rings is 1. The highest BCUT2D eigenvalue weighted by Crippen LogP contribution is 2.18.